The first kappa shape index (κ1) is 15.3. The minimum Gasteiger partial charge on any atom is -0.497 e. The number of hydrogen-bond acceptors (Lipinski definition) is 4. The molecule has 1 amide bonds. The van der Waals surface area contributed by atoms with Gasteiger partial charge in [0.15, 0.2) is 4.96 Å². The number of methoxy groups -OCH3 is 1. The molecule has 0 bridgehead atoms. The van der Waals surface area contributed by atoms with E-state index in [9.17, 15) is 4.79 Å². The first-order chi connectivity index (χ1) is 11.3. The summed E-state index contributed by atoms with van der Waals surface area (Å²) in [7, 11) is 1.64. The Morgan fingerprint density at radius 2 is 2.22 bits per heavy atom. The third kappa shape index (κ3) is 3.78. The number of nitrogens with zero attached hydrogens (tertiary/aromatic N) is 2. The molecular formula is C17H17N3O2S. The van der Waals surface area contributed by atoms with Gasteiger partial charge in [0.1, 0.15) is 5.75 Å². The van der Waals surface area contributed by atoms with E-state index in [-0.39, 0.29) is 5.91 Å². The normalized spacial score (nSPS) is 11.2. The van der Waals surface area contributed by atoms with Crippen molar-refractivity contribution in [2.45, 2.75) is 6.42 Å². The predicted octanol–water partition coefficient (Wildman–Crippen LogP) is 2.78. The van der Waals surface area contributed by atoms with Crippen molar-refractivity contribution in [3.8, 4) is 5.75 Å². The van der Waals surface area contributed by atoms with Gasteiger partial charge >= 0.3 is 0 Å². The van der Waals surface area contributed by atoms with E-state index in [1.165, 1.54) is 6.08 Å². The van der Waals surface area contributed by atoms with Crippen molar-refractivity contribution >= 4 is 28.3 Å². The monoisotopic (exact) mass is 327 g/mol. The van der Waals surface area contributed by atoms with E-state index in [1.807, 2.05) is 40.2 Å². The molecule has 0 saturated heterocycles. The third-order valence-corrected chi connectivity index (χ3v) is 4.22. The van der Waals surface area contributed by atoms with Gasteiger partial charge in [-0.3, -0.25) is 9.20 Å². The van der Waals surface area contributed by atoms with Crippen molar-refractivity contribution in [3.63, 3.8) is 0 Å². The van der Waals surface area contributed by atoms with Crippen LogP contribution in [0.3, 0.4) is 0 Å². The molecule has 0 fully saturated rings. The maximum Gasteiger partial charge on any atom is 0.244 e. The lowest BCUT2D eigenvalue weighted by molar-refractivity contribution is -0.116. The standard InChI is InChI=1S/C17H17N3O2S/c1-22-15-5-2-13(3-6-15)8-9-18-16(21)7-4-14-12-19-17-20(14)10-11-23-17/h2-7,10-12H,8-9H2,1H3,(H,18,21)/b7-4+. The lowest BCUT2D eigenvalue weighted by Crippen LogP contribution is -2.23. The topological polar surface area (TPSA) is 55.6 Å². The maximum atomic E-state index is 11.9. The number of amides is 1. The quantitative estimate of drug-likeness (QED) is 0.708. The van der Waals surface area contributed by atoms with Crippen LogP contribution in [-0.4, -0.2) is 28.9 Å². The zero-order chi connectivity index (χ0) is 16.1. The highest BCUT2D eigenvalue weighted by atomic mass is 32.1. The summed E-state index contributed by atoms with van der Waals surface area (Å²) in [5, 5.41) is 4.85. The number of nitrogens with one attached hydrogen (secondary N) is 1. The van der Waals surface area contributed by atoms with E-state index in [0.717, 1.165) is 28.4 Å². The lowest BCUT2D eigenvalue weighted by atomic mass is 10.1. The summed E-state index contributed by atoms with van der Waals surface area (Å²) in [6.45, 7) is 0.593. The molecule has 3 aromatic rings. The van der Waals surface area contributed by atoms with Crippen LogP contribution in [0.5, 0.6) is 5.75 Å². The first-order valence-corrected chi connectivity index (χ1v) is 8.13. The number of benzene rings is 1. The highest BCUT2D eigenvalue weighted by molar-refractivity contribution is 7.15. The van der Waals surface area contributed by atoms with Crippen molar-refractivity contribution in [1.82, 2.24) is 14.7 Å². The zero-order valence-corrected chi connectivity index (χ0v) is 13.5. The summed E-state index contributed by atoms with van der Waals surface area (Å²) < 4.78 is 7.07. The fraction of sp³-hybridized carbons (Fsp3) is 0.176. The Kier molecular flexibility index (Phi) is 4.73. The molecule has 23 heavy (non-hydrogen) atoms. The number of carbonyl (C=O) groups is 1. The second-order valence-electron chi connectivity index (χ2n) is 4.96. The van der Waals surface area contributed by atoms with Gasteiger partial charge in [-0.1, -0.05) is 12.1 Å². The molecule has 0 aliphatic heterocycles. The molecule has 0 aliphatic rings. The Labute approximate surface area is 138 Å². The van der Waals surface area contributed by atoms with E-state index in [1.54, 1.807) is 30.7 Å². The second kappa shape index (κ2) is 7.11. The number of aromatic nitrogens is 2. The van der Waals surface area contributed by atoms with Gasteiger partial charge in [0.25, 0.3) is 0 Å². The van der Waals surface area contributed by atoms with E-state index < -0.39 is 0 Å². The number of rotatable bonds is 6. The number of hydrogen-bond donors (Lipinski definition) is 1. The van der Waals surface area contributed by atoms with Crippen LogP contribution in [0.4, 0.5) is 0 Å². The van der Waals surface area contributed by atoms with E-state index in [2.05, 4.69) is 10.3 Å². The number of ether oxygens (including phenoxy) is 1. The Balaban J connectivity index is 1.49. The van der Waals surface area contributed by atoms with E-state index in [0.29, 0.717) is 6.54 Å². The summed E-state index contributed by atoms with van der Waals surface area (Å²) in [5.74, 6) is 0.727. The van der Waals surface area contributed by atoms with Crippen LogP contribution in [0.25, 0.3) is 11.0 Å². The van der Waals surface area contributed by atoms with Crippen molar-refractivity contribution in [1.29, 1.82) is 0 Å². The summed E-state index contributed by atoms with van der Waals surface area (Å²) in [4.78, 5) is 17.0. The minimum absolute atomic E-state index is 0.108. The van der Waals surface area contributed by atoms with Crippen molar-refractivity contribution in [2.24, 2.45) is 0 Å². The highest BCUT2D eigenvalue weighted by Crippen LogP contribution is 2.13. The van der Waals surface area contributed by atoms with E-state index in [4.69, 9.17) is 4.74 Å². The SMILES string of the molecule is COc1ccc(CCNC(=O)/C=C/c2cnc3sccn23)cc1. The van der Waals surface area contributed by atoms with Gasteiger partial charge in [0.05, 0.1) is 19.0 Å². The van der Waals surface area contributed by atoms with Crippen LogP contribution in [0.15, 0.2) is 48.1 Å². The van der Waals surface area contributed by atoms with E-state index >= 15 is 0 Å². The Hall–Kier alpha value is -2.60. The Bertz CT molecular complexity index is 818. The van der Waals surface area contributed by atoms with Gasteiger partial charge in [-0.2, -0.15) is 0 Å². The first-order valence-electron chi connectivity index (χ1n) is 7.25. The molecule has 0 aliphatic carbocycles. The fourth-order valence-electron chi connectivity index (χ4n) is 2.21. The third-order valence-electron chi connectivity index (χ3n) is 3.45. The van der Waals surface area contributed by atoms with Crippen LogP contribution >= 0.6 is 11.3 Å². The van der Waals surface area contributed by atoms with Crippen molar-refractivity contribution in [3.05, 3.63) is 59.4 Å². The number of fused-ring (bicyclic) bond motifs is 1. The molecule has 1 aromatic carbocycles. The summed E-state index contributed by atoms with van der Waals surface area (Å²) >= 11 is 1.56. The molecule has 0 spiro atoms. The molecule has 0 saturated carbocycles. The molecule has 2 aromatic heterocycles. The lowest BCUT2D eigenvalue weighted by Gasteiger charge is -2.04. The summed E-state index contributed by atoms with van der Waals surface area (Å²) in [5.41, 5.74) is 2.05. The van der Waals surface area contributed by atoms with Crippen molar-refractivity contribution in [2.75, 3.05) is 13.7 Å². The molecular weight excluding hydrogens is 310 g/mol. The van der Waals surface area contributed by atoms with Gasteiger partial charge in [0.2, 0.25) is 5.91 Å². The second-order valence-corrected chi connectivity index (χ2v) is 5.83. The number of carbonyl (C=O) groups excluding carboxylic acids is 1. The van der Waals surface area contributed by atoms with Gasteiger partial charge in [-0.25, -0.2) is 4.98 Å². The van der Waals surface area contributed by atoms with Crippen LogP contribution in [0, 0.1) is 0 Å². The zero-order valence-electron chi connectivity index (χ0n) is 12.7. The average Bonchev–Trinajstić information content (AvgIpc) is 3.17. The Morgan fingerprint density at radius 1 is 1.39 bits per heavy atom. The molecule has 118 valence electrons. The highest BCUT2D eigenvalue weighted by Gasteiger charge is 2.02. The van der Waals surface area contributed by atoms with Crippen LogP contribution in [0.2, 0.25) is 0 Å². The molecule has 3 rings (SSSR count). The summed E-state index contributed by atoms with van der Waals surface area (Å²) in [6.07, 6.45) is 7.79. The number of imidazole rings is 1. The van der Waals surface area contributed by atoms with Crippen LogP contribution < -0.4 is 10.1 Å². The van der Waals surface area contributed by atoms with Gasteiger partial charge in [0, 0.05) is 24.2 Å². The smallest absolute Gasteiger partial charge is 0.244 e. The minimum atomic E-state index is -0.108. The molecule has 0 atom stereocenters. The van der Waals surface area contributed by atoms with Crippen LogP contribution in [0.1, 0.15) is 11.3 Å². The fourth-order valence-corrected chi connectivity index (χ4v) is 2.91. The average molecular weight is 327 g/mol. The van der Waals surface area contributed by atoms with Crippen molar-refractivity contribution < 1.29 is 9.53 Å². The Morgan fingerprint density at radius 3 is 3.00 bits per heavy atom. The molecule has 2 heterocycles. The van der Waals surface area contributed by atoms with Gasteiger partial charge in [-0.15, -0.1) is 11.3 Å². The molecule has 0 unspecified atom stereocenters. The summed E-state index contributed by atoms with van der Waals surface area (Å²) in [6, 6.07) is 7.84. The predicted molar refractivity (Wildman–Crippen MR) is 91.8 cm³/mol. The van der Waals surface area contributed by atoms with Gasteiger partial charge in [-0.05, 0) is 30.2 Å². The maximum absolute atomic E-state index is 11.9. The molecule has 0 radical (unpaired) electrons. The molecule has 5 nitrogen and oxygen atoms in total. The van der Waals surface area contributed by atoms with Crippen LogP contribution in [-0.2, 0) is 11.2 Å². The largest absolute Gasteiger partial charge is 0.497 e. The molecule has 6 heteroatoms. The van der Waals surface area contributed by atoms with Gasteiger partial charge < -0.3 is 10.1 Å². The number of thiazole rings is 1. The molecule has 1 N–H and O–H groups in total.